The van der Waals surface area contributed by atoms with Crippen LogP contribution in [0.2, 0.25) is 0 Å². The second-order valence-corrected chi connectivity index (χ2v) is 9.15. The van der Waals surface area contributed by atoms with Gasteiger partial charge < -0.3 is 20.1 Å². The fourth-order valence-corrected chi connectivity index (χ4v) is 3.87. The molecule has 1 aromatic rings. The number of sulfonamides is 1. The van der Waals surface area contributed by atoms with E-state index in [0.717, 1.165) is 43.7 Å². The zero-order chi connectivity index (χ0) is 21.9. The lowest BCUT2D eigenvalue weighted by atomic mass is 10.1. The summed E-state index contributed by atoms with van der Waals surface area (Å²) in [7, 11) is -1.65. The van der Waals surface area contributed by atoms with Crippen molar-refractivity contribution in [3.05, 3.63) is 23.8 Å². The first-order valence-electron chi connectivity index (χ1n) is 9.91. The van der Waals surface area contributed by atoms with Gasteiger partial charge in [0.1, 0.15) is 0 Å². The molecule has 0 unspecified atom stereocenters. The normalized spacial score (nSPS) is 12.1. The molecule has 0 heterocycles. The van der Waals surface area contributed by atoms with E-state index in [1.807, 2.05) is 32.0 Å². The van der Waals surface area contributed by atoms with E-state index < -0.39 is 15.6 Å². The predicted octanol–water partition coefficient (Wildman–Crippen LogP) is 2.53. The SMILES string of the molecule is CCNC(=NCC(C)(C)NS(C)(=O)=O)NCCCc1ccc(OC)c(OCC)c1.I. The zero-order valence-corrected chi connectivity index (χ0v) is 22.0. The number of benzene rings is 1. The van der Waals surface area contributed by atoms with Crippen LogP contribution in [0.4, 0.5) is 0 Å². The van der Waals surface area contributed by atoms with Crippen molar-refractivity contribution in [1.29, 1.82) is 0 Å². The molecule has 0 aromatic heterocycles. The minimum absolute atomic E-state index is 0. The number of nitrogens with one attached hydrogen (secondary N) is 3. The maximum Gasteiger partial charge on any atom is 0.209 e. The maximum atomic E-state index is 11.5. The molecular weight excluding hydrogens is 519 g/mol. The van der Waals surface area contributed by atoms with E-state index in [4.69, 9.17) is 9.47 Å². The summed E-state index contributed by atoms with van der Waals surface area (Å²) in [4.78, 5) is 4.51. The molecule has 0 saturated carbocycles. The third-order valence-electron chi connectivity index (χ3n) is 3.90. The smallest absolute Gasteiger partial charge is 0.209 e. The van der Waals surface area contributed by atoms with Crippen LogP contribution < -0.4 is 24.8 Å². The number of halogens is 1. The third kappa shape index (κ3) is 11.8. The average molecular weight is 557 g/mol. The molecule has 0 aliphatic rings. The largest absolute Gasteiger partial charge is 0.493 e. The molecule has 30 heavy (non-hydrogen) atoms. The fraction of sp³-hybridized carbons (Fsp3) is 0.650. The van der Waals surface area contributed by atoms with Crippen LogP contribution >= 0.6 is 24.0 Å². The molecule has 174 valence electrons. The van der Waals surface area contributed by atoms with Crippen LogP contribution in [0.1, 0.15) is 39.7 Å². The molecule has 1 rings (SSSR count). The molecule has 1 aromatic carbocycles. The number of methoxy groups -OCH3 is 1. The predicted molar refractivity (Wildman–Crippen MR) is 134 cm³/mol. The number of guanidine groups is 1. The van der Waals surface area contributed by atoms with Crippen molar-refractivity contribution >= 4 is 40.0 Å². The van der Waals surface area contributed by atoms with Gasteiger partial charge in [-0.3, -0.25) is 4.99 Å². The summed E-state index contributed by atoms with van der Waals surface area (Å²) in [5.41, 5.74) is 0.519. The number of aryl methyl sites for hydroxylation is 1. The van der Waals surface area contributed by atoms with Crippen molar-refractivity contribution in [1.82, 2.24) is 15.4 Å². The summed E-state index contributed by atoms with van der Waals surface area (Å²) in [5.74, 6) is 2.16. The van der Waals surface area contributed by atoms with Crippen molar-refractivity contribution in [2.45, 2.75) is 46.1 Å². The quantitative estimate of drug-likeness (QED) is 0.158. The molecule has 10 heteroatoms. The van der Waals surface area contributed by atoms with Crippen molar-refractivity contribution in [2.75, 3.05) is 39.6 Å². The van der Waals surface area contributed by atoms with E-state index in [1.165, 1.54) is 5.56 Å². The van der Waals surface area contributed by atoms with Gasteiger partial charge in [0.2, 0.25) is 10.0 Å². The minimum atomic E-state index is -3.29. The number of hydrogen-bond acceptors (Lipinski definition) is 5. The van der Waals surface area contributed by atoms with E-state index in [1.54, 1.807) is 21.0 Å². The molecule has 8 nitrogen and oxygen atoms in total. The Kier molecular flexibility index (Phi) is 13.3. The highest BCUT2D eigenvalue weighted by Crippen LogP contribution is 2.28. The topological polar surface area (TPSA) is 101 Å². The minimum Gasteiger partial charge on any atom is -0.493 e. The summed E-state index contributed by atoms with van der Waals surface area (Å²) in [6.07, 6.45) is 2.95. The Labute approximate surface area is 198 Å². The number of ether oxygens (including phenoxy) is 2. The Hall–Kier alpha value is -1.27. The number of rotatable bonds is 12. The lowest BCUT2D eigenvalue weighted by molar-refractivity contribution is 0.310. The molecule has 0 bridgehead atoms. The van der Waals surface area contributed by atoms with Gasteiger partial charge in [0, 0.05) is 18.6 Å². The molecule has 0 aliphatic carbocycles. The molecule has 3 N–H and O–H groups in total. The monoisotopic (exact) mass is 556 g/mol. The number of hydrogen-bond donors (Lipinski definition) is 3. The average Bonchev–Trinajstić information content (AvgIpc) is 2.61. The molecular formula is C20H37IN4O4S. The lowest BCUT2D eigenvalue weighted by Crippen LogP contribution is -2.46. The van der Waals surface area contributed by atoms with Crippen molar-refractivity contribution in [3.63, 3.8) is 0 Å². The van der Waals surface area contributed by atoms with Gasteiger partial charge in [-0.1, -0.05) is 6.07 Å². The first-order valence-corrected chi connectivity index (χ1v) is 11.8. The Balaban J connectivity index is 0.00000841. The van der Waals surface area contributed by atoms with Crippen LogP contribution in [0.25, 0.3) is 0 Å². The Morgan fingerprint density at radius 2 is 1.87 bits per heavy atom. The van der Waals surface area contributed by atoms with Crippen molar-refractivity contribution in [3.8, 4) is 11.5 Å². The van der Waals surface area contributed by atoms with Gasteiger partial charge in [-0.25, -0.2) is 13.1 Å². The van der Waals surface area contributed by atoms with Crippen LogP contribution in [0.5, 0.6) is 11.5 Å². The van der Waals surface area contributed by atoms with Crippen LogP contribution in [0.15, 0.2) is 23.2 Å². The van der Waals surface area contributed by atoms with Gasteiger partial charge in [0.15, 0.2) is 17.5 Å². The summed E-state index contributed by atoms with van der Waals surface area (Å²) >= 11 is 0. The summed E-state index contributed by atoms with van der Waals surface area (Å²) in [5, 5.41) is 6.48. The first-order chi connectivity index (χ1) is 13.6. The molecule has 0 spiro atoms. The van der Waals surface area contributed by atoms with E-state index in [9.17, 15) is 8.42 Å². The van der Waals surface area contributed by atoms with Crippen LogP contribution in [0.3, 0.4) is 0 Å². The van der Waals surface area contributed by atoms with Crippen LogP contribution in [0, 0.1) is 0 Å². The van der Waals surface area contributed by atoms with E-state index in [0.29, 0.717) is 19.1 Å². The van der Waals surface area contributed by atoms with Gasteiger partial charge in [-0.15, -0.1) is 24.0 Å². The molecule has 0 amide bonds. The van der Waals surface area contributed by atoms with E-state index >= 15 is 0 Å². The number of nitrogens with zero attached hydrogens (tertiary/aromatic N) is 1. The molecule has 0 atom stereocenters. The van der Waals surface area contributed by atoms with Gasteiger partial charge in [-0.2, -0.15) is 0 Å². The highest BCUT2D eigenvalue weighted by Gasteiger charge is 2.21. The Bertz CT molecular complexity index is 770. The standard InChI is InChI=1S/C20H36N4O4S.HI/c1-7-21-19(23-15-20(3,4)24-29(6,25)26)22-13-9-10-16-11-12-17(27-5)18(14-16)28-8-2;/h11-12,14,24H,7-10,13,15H2,1-6H3,(H2,21,22,23);1H. The second kappa shape index (κ2) is 13.9. The Morgan fingerprint density at radius 1 is 1.17 bits per heavy atom. The van der Waals surface area contributed by atoms with Crippen molar-refractivity contribution in [2.24, 2.45) is 4.99 Å². The zero-order valence-electron chi connectivity index (χ0n) is 18.9. The van der Waals surface area contributed by atoms with Gasteiger partial charge in [-0.05, 0) is 58.2 Å². The Morgan fingerprint density at radius 3 is 2.43 bits per heavy atom. The molecule has 0 fully saturated rings. The van der Waals surface area contributed by atoms with Crippen LogP contribution in [-0.2, 0) is 16.4 Å². The second-order valence-electron chi connectivity index (χ2n) is 7.40. The van der Waals surface area contributed by atoms with Gasteiger partial charge >= 0.3 is 0 Å². The summed E-state index contributed by atoms with van der Waals surface area (Å²) < 4.78 is 36.5. The summed E-state index contributed by atoms with van der Waals surface area (Å²) in [6, 6.07) is 5.98. The van der Waals surface area contributed by atoms with Crippen molar-refractivity contribution < 1.29 is 17.9 Å². The third-order valence-corrected chi connectivity index (χ3v) is 4.82. The highest BCUT2D eigenvalue weighted by molar-refractivity contribution is 14.0. The van der Waals surface area contributed by atoms with Gasteiger partial charge in [0.05, 0.1) is 26.5 Å². The van der Waals surface area contributed by atoms with Crippen LogP contribution in [-0.4, -0.2) is 59.5 Å². The first kappa shape index (κ1) is 28.7. The molecule has 0 aliphatic heterocycles. The lowest BCUT2D eigenvalue weighted by Gasteiger charge is -2.23. The number of aliphatic imine (C=N–C) groups is 1. The molecule has 0 radical (unpaired) electrons. The summed E-state index contributed by atoms with van der Waals surface area (Å²) in [6.45, 7) is 9.93. The highest BCUT2D eigenvalue weighted by atomic mass is 127. The molecule has 0 saturated heterocycles. The fourth-order valence-electron chi connectivity index (χ4n) is 2.80. The van der Waals surface area contributed by atoms with E-state index in [2.05, 4.69) is 20.3 Å². The van der Waals surface area contributed by atoms with E-state index in [-0.39, 0.29) is 24.0 Å². The maximum absolute atomic E-state index is 11.5. The van der Waals surface area contributed by atoms with Gasteiger partial charge in [0.25, 0.3) is 0 Å².